The molecule has 6 heteroatoms. The summed E-state index contributed by atoms with van der Waals surface area (Å²) in [6, 6.07) is 2.55. The Kier molecular flexibility index (Phi) is 6.47. The van der Waals surface area contributed by atoms with Gasteiger partial charge in [0.25, 0.3) is 0 Å². The van der Waals surface area contributed by atoms with Crippen molar-refractivity contribution in [3.63, 3.8) is 0 Å². The van der Waals surface area contributed by atoms with E-state index in [1.807, 2.05) is 0 Å². The van der Waals surface area contributed by atoms with Gasteiger partial charge in [0.15, 0.2) is 0 Å². The van der Waals surface area contributed by atoms with E-state index in [1.54, 1.807) is 11.3 Å². The lowest BCUT2D eigenvalue weighted by atomic mass is 10.1. The van der Waals surface area contributed by atoms with Crippen molar-refractivity contribution >= 4 is 43.2 Å². The second kappa shape index (κ2) is 7.90. The Balaban J connectivity index is 2.26. The molecule has 3 nitrogen and oxygen atoms in total. The van der Waals surface area contributed by atoms with Gasteiger partial charge in [0, 0.05) is 33.7 Å². The van der Waals surface area contributed by atoms with Crippen LogP contribution in [0.4, 0.5) is 0 Å². The summed E-state index contributed by atoms with van der Waals surface area (Å²) in [5, 5.41) is 10.4. The lowest BCUT2D eigenvalue weighted by Gasteiger charge is -2.18. The summed E-state index contributed by atoms with van der Waals surface area (Å²) in [6.07, 6.45) is 2.08. The van der Waals surface area contributed by atoms with Crippen LogP contribution in [0.1, 0.15) is 42.6 Å². The number of hydrogen-bond acceptors (Lipinski definition) is 3. The molecule has 2 aromatic heterocycles. The lowest BCUT2D eigenvalue weighted by Crippen LogP contribution is -2.24. The number of halogens is 2. The first kappa shape index (κ1) is 17.2. The van der Waals surface area contributed by atoms with Crippen LogP contribution in [0.5, 0.6) is 0 Å². The summed E-state index contributed by atoms with van der Waals surface area (Å²) in [6.45, 7) is 8.31. The summed E-state index contributed by atoms with van der Waals surface area (Å²) >= 11 is 9.06. The summed E-state index contributed by atoms with van der Waals surface area (Å²) in [4.78, 5) is 1.36. The van der Waals surface area contributed by atoms with Crippen molar-refractivity contribution in [1.82, 2.24) is 15.1 Å². The largest absolute Gasteiger partial charge is 0.309 e. The molecule has 21 heavy (non-hydrogen) atoms. The first-order chi connectivity index (χ1) is 10.1. The van der Waals surface area contributed by atoms with Crippen LogP contribution in [0.25, 0.3) is 0 Å². The van der Waals surface area contributed by atoms with Crippen molar-refractivity contribution in [2.45, 2.75) is 46.2 Å². The number of aryl methyl sites for hydroxylation is 2. The van der Waals surface area contributed by atoms with E-state index < -0.39 is 0 Å². The predicted octanol–water partition coefficient (Wildman–Crippen LogP) is 5.08. The molecular formula is C15H21Br2N3S. The van der Waals surface area contributed by atoms with Crippen LogP contribution >= 0.6 is 43.2 Å². The predicted molar refractivity (Wildman–Crippen MR) is 97.1 cm³/mol. The number of nitrogens with one attached hydrogen (secondary N) is 1. The molecule has 1 atom stereocenters. The zero-order chi connectivity index (χ0) is 15.4. The van der Waals surface area contributed by atoms with Crippen LogP contribution in [0.15, 0.2) is 20.4 Å². The Morgan fingerprint density at radius 3 is 2.71 bits per heavy atom. The third kappa shape index (κ3) is 4.18. The minimum atomic E-state index is 0.332. The van der Waals surface area contributed by atoms with Crippen LogP contribution in [0, 0.1) is 6.92 Å². The quantitative estimate of drug-likeness (QED) is 0.658. The topological polar surface area (TPSA) is 29.9 Å². The molecule has 0 bridgehead atoms. The zero-order valence-corrected chi connectivity index (χ0v) is 16.6. The molecule has 0 amide bonds. The Hall–Kier alpha value is -0.170. The summed E-state index contributed by atoms with van der Waals surface area (Å²) < 4.78 is 4.40. The molecule has 0 spiro atoms. The molecule has 0 aromatic carbocycles. The van der Waals surface area contributed by atoms with Crippen LogP contribution < -0.4 is 5.32 Å². The molecule has 2 aromatic rings. The standard InChI is InChI=1S/C15H21Br2N3S/c1-4-6-18-12(14-7-11(16)9-21-14)8-13-15(17)10(3)19-20(13)5-2/h7,9,12,18H,4-6,8H2,1-3H3. The zero-order valence-electron chi connectivity index (χ0n) is 12.6. The fraction of sp³-hybridized carbons (Fsp3) is 0.533. The number of hydrogen-bond donors (Lipinski definition) is 1. The monoisotopic (exact) mass is 433 g/mol. The molecule has 0 aliphatic rings. The van der Waals surface area contributed by atoms with Gasteiger partial charge in [-0.05, 0) is 64.7 Å². The van der Waals surface area contributed by atoms with Gasteiger partial charge in [-0.15, -0.1) is 11.3 Å². The molecule has 0 fully saturated rings. The van der Waals surface area contributed by atoms with Crippen LogP contribution in [0.3, 0.4) is 0 Å². The second-order valence-corrected chi connectivity index (χ2v) is 7.69. The number of aromatic nitrogens is 2. The van der Waals surface area contributed by atoms with E-state index in [4.69, 9.17) is 0 Å². The van der Waals surface area contributed by atoms with E-state index in [9.17, 15) is 0 Å². The molecule has 1 N–H and O–H groups in total. The fourth-order valence-corrected chi connectivity index (χ4v) is 4.33. The second-order valence-electron chi connectivity index (χ2n) is 5.04. The molecule has 116 valence electrons. The highest BCUT2D eigenvalue weighted by Crippen LogP contribution is 2.31. The molecule has 0 radical (unpaired) electrons. The normalized spacial score (nSPS) is 12.8. The highest BCUT2D eigenvalue weighted by molar-refractivity contribution is 9.10. The van der Waals surface area contributed by atoms with E-state index in [0.29, 0.717) is 6.04 Å². The van der Waals surface area contributed by atoms with Gasteiger partial charge in [0.1, 0.15) is 0 Å². The maximum atomic E-state index is 4.60. The van der Waals surface area contributed by atoms with Gasteiger partial charge < -0.3 is 5.32 Å². The highest BCUT2D eigenvalue weighted by atomic mass is 79.9. The molecule has 0 saturated heterocycles. The van der Waals surface area contributed by atoms with Crippen LogP contribution in [-0.2, 0) is 13.0 Å². The SMILES string of the molecule is CCCNC(Cc1c(Br)c(C)nn1CC)c1cc(Br)cs1. The van der Waals surface area contributed by atoms with Gasteiger partial charge in [-0.2, -0.15) is 5.10 Å². The van der Waals surface area contributed by atoms with E-state index in [1.165, 1.54) is 10.6 Å². The van der Waals surface area contributed by atoms with Gasteiger partial charge in [-0.3, -0.25) is 4.68 Å². The first-order valence-electron chi connectivity index (χ1n) is 7.25. The minimum absolute atomic E-state index is 0.332. The molecule has 2 heterocycles. The smallest absolute Gasteiger partial charge is 0.0738 e. The van der Waals surface area contributed by atoms with Gasteiger partial charge in [0.2, 0.25) is 0 Å². The number of rotatable bonds is 7. The maximum absolute atomic E-state index is 4.60. The Bertz CT molecular complexity index is 592. The first-order valence-corrected chi connectivity index (χ1v) is 9.72. The lowest BCUT2D eigenvalue weighted by molar-refractivity contribution is 0.507. The molecule has 1 unspecified atom stereocenters. The summed E-state index contributed by atoms with van der Waals surface area (Å²) in [5.74, 6) is 0. The average molecular weight is 435 g/mol. The van der Waals surface area contributed by atoms with Gasteiger partial charge in [0.05, 0.1) is 15.9 Å². The Labute approximate surface area is 147 Å². The van der Waals surface area contributed by atoms with Crippen LogP contribution in [-0.4, -0.2) is 16.3 Å². The van der Waals surface area contributed by atoms with E-state index in [-0.39, 0.29) is 0 Å². The van der Waals surface area contributed by atoms with Crippen molar-refractivity contribution in [3.05, 3.63) is 36.7 Å². The van der Waals surface area contributed by atoms with Crippen molar-refractivity contribution in [1.29, 1.82) is 0 Å². The third-order valence-electron chi connectivity index (χ3n) is 3.42. The van der Waals surface area contributed by atoms with Gasteiger partial charge >= 0.3 is 0 Å². The van der Waals surface area contributed by atoms with Crippen molar-refractivity contribution in [3.8, 4) is 0 Å². The molecule has 2 rings (SSSR count). The number of thiophene rings is 1. The van der Waals surface area contributed by atoms with Crippen molar-refractivity contribution in [2.24, 2.45) is 0 Å². The summed E-state index contributed by atoms with van der Waals surface area (Å²) in [7, 11) is 0. The minimum Gasteiger partial charge on any atom is -0.309 e. The number of nitrogens with zero attached hydrogens (tertiary/aromatic N) is 2. The Morgan fingerprint density at radius 1 is 1.38 bits per heavy atom. The van der Waals surface area contributed by atoms with Crippen molar-refractivity contribution < 1.29 is 0 Å². The van der Waals surface area contributed by atoms with Gasteiger partial charge in [-0.25, -0.2) is 0 Å². The highest BCUT2D eigenvalue weighted by Gasteiger charge is 2.19. The Morgan fingerprint density at radius 2 is 2.14 bits per heavy atom. The van der Waals surface area contributed by atoms with E-state index >= 15 is 0 Å². The van der Waals surface area contributed by atoms with E-state index in [0.717, 1.165) is 40.6 Å². The average Bonchev–Trinajstić information content (AvgIpc) is 3.01. The maximum Gasteiger partial charge on any atom is 0.0738 e. The van der Waals surface area contributed by atoms with Gasteiger partial charge in [-0.1, -0.05) is 6.92 Å². The molecule has 0 aliphatic carbocycles. The van der Waals surface area contributed by atoms with Crippen LogP contribution in [0.2, 0.25) is 0 Å². The fourth-order valence-electron chi connectivity index (χ4n) is 2.36. The molecular weight excluding hydrogens is 414 g/mol. The van der Waals surface area contributed by atoms with Crippen molar-refractivity contribution in [2.75, 3.05) is 6.54 Å². The van der Waals surface area contributed by atoms with E-state index in [2.05, 4.69) is 79.2 Å². The molecule has 0 aliphatic heterocycles. The molecule has 0 saturated carbocycles. The third-order valence-corrected chi connectivity index (χ3v) is 6.26. The summed E-state index contributed by atoms with van der Waals surface area (Å²) in [5.41, 5.74) is 2.33.